The van der Waals surface area contributed by atoms with Gasteiger partial charge in [-0.1, -0.05) is 0 Å². The van der Waals surface area contributed by atoms with Crippen LogP contribution in [0.15, 0.2) is 24.4 Å². The highest BCUT2D eigenvalue weighted by molar-refractivity contribution is 7.15. The fourth-order valence-corrected chi connectivity index (χ4v) is 2.44. The lowest BCUT2D eigenvalue weighted by Gasteiger charge is -2.03. The van der Waals surface area contributed by atoms with Gasteiger partial charge in [-0.15, -0.1) is 11.3 Å². The van der Waals surface area contributed by atoms with E-state index < -0.39 is 0 Å². The second kappa shape index (κ2) is 5.16. The van der Waals surface area contributed by atoms with Crippen LogP contribution in [0.1, 0.15) is 4.88 Å². The summed E-state index contributed by atoms with van der Waals surface area (Å²) in [4.78, 5) is 5.49. The zero-order chi connectivity index (χ0) is 12.3. The highest BCUT2D eigenvalue weighted by Gasteiger charge is 2.08. The van der Waals surface area contributed by atoms with Gasteiger partial charge in [0.1, 0.15) is 5.01 Å². The van der Waals surface area contributed by atoms with Crippen molar-refractivity contribution in [2.45, 2.75) is 6.54 Å². The van der Waals surface area contributed by atoms with Crippen molar-refractivity contribution >= 4 is 11.3 Å². The van der Waals surface area contributed by atoms with Crippen molar-refractivity contribution in [2.75, 3.05) is 14.2 Å². The summed E-state index contributed by atoms with van der Waals surface area (Å²) < 4.78 is 5.00. The number of aromatic hydroxyl groups is 1. The van der Waals surface area contributed by atoms with Gasteiger partial charge < -0.3 is 15.2 Å². The first-order chi connectivity index (χ1) is 8.24. The van der Waals surface area contributed by atoms with Gasteiger partial charge >= 0.3 is 0 Å². The Labute approximate surface area is 104 Å². The van der Waals surface area contributed by atoms with Crippen molar-refractivity contribution in [1.29, 1.82) is 0 Å². The standard InChI is InChI=1S/C12H14N2O2S/c1-13-6-9-7-14-12(17-9)8-3-4-11(16-2)10(15)5-8/h3-5,7,13,15H,6H2,1-2H3. The lowest BCUT2D eigenvalue weighted by atomic mass is 10.2. The molecule has 0 aliphatic heterocycles. The summed E-state index contributed by atoms with van der Waals surface area (Å²) >= 11 is 1.61. The largest absolute Gasteiger partial charge is 0.504 e. The maximum absolute atomic E-state index is 9.70. The van der Waals surface area contributed by atoms with Crippen LogP contribution in [-0.4, -0.2) is 24.2 Å². The molecule has 0 fully saturated rings. The third-order valence-electron chi connectivity index (χ3n) is 2.33. The quantitative estimate of drug-likeness (QED) is 0.874. The Kier molecular flexibility index (Phi) is 3.61. The molecule has 0 atom stereocenters. The minimum atomic E-state index is 0.135. The van der Waals surface area contributed by atoms with E-state index in [2.05, 4.69) is 10.3 Å². The average molecular weight is 250 g/mol. The molecule has 0 saturated carbocycles. The fourth-order valence-electron chi connectivity index (χ4n) is 1.52. The monoisotopic (exact) mass is 250 g/mol. The van der Waals surface area contributed by atoms with Crippen LogP contribution in [0.2, 0.25) is 0 Å². The fraction of sp³-hybridized carbons (Fsp3) is 0.250. The topological polar surface area (TPSA) is 54.4 Å². The van der Waals surface area contributed by atoms with E-state index in [1.807, 2.05) is 19.3 Å². The summed E-state index contributed by atoms with van der Waals surface area (Å²) in [6, 6.07) is 5.30. The molecule has 90 valence electrons. The SMILES string of the molecule is CNCc1cnc(-c2ccc(OC)c(O)c2)s1. The Morgan fingerprint density at radius 1 is 1.47 bits per heavy atom. The van der Waals surface area contributed by atoms with Crippen molar-refractivity contribution in [1.82, 2.24) is 10.3 Å². The van der Waals surface area contributed by atoms with Gasteiger partial charge in [0.05, 0.1) is 7.11 Å². The molecule has 2 N–H and O–H groups in total. The van der Waals surface area contributed by atoms with Gasteiger partial charge in [0.15, 0.2) is 11.5 Å². The normalized spacial score (nSPS) is 10.5. The first-order valence-corrected chi connectivity index (χ1v) is 6.03. The number of phenolic OH excluding ortho intramolecular Hbond substituents is 1. The van der Waals surface area contributed by atoms with Crippen molar-refractivity contribution < 1.29 is 9.84 Å². The van der Waals surface area contributed by atoms with Gasteiger partial charge in [-0.05, 0) is 25.2 Å². The lowest BCUT2D eigenvalue weighted by Crippen LogP contribution is -2.02. The van der Waals surface area contributed by atoms with E-state index in [-0.39, 0.29) is 5.75 Å². The first kappa shape index (κ1) is 11.9. The van der Waals surface area contributed by atoms with E-state index in [4.69, 9.17) is 4.74 Å². The summed E-state index contributed by atoms with van der Waals surface area (Å²) in [5.74, 6) is 0.608. The molecule has 0 spiro atoms. The van der Waals surface area contributed by atoms with E-state index in [9.17, 15) is 5.11 Å². The van der Waals surface area contributed by atoms with Gasteiger partial charge in [0, 0.05) is 23.2 Å². The molecular weight excluding hydrogens is 236 g/mol. The predicted octanol–water partition coefficient (Wildman–Crippen LogP) is 2.24. The summed E-state index contributed by atoms with van der Waals surface area (Å²) in [6.45, 7) is 0.805. The molecule has 17 heavy (non-hydrogen) atoms. The summed E-state index contributed by atoms with van der Waals surface area (Å²) in [5.41, 5.74) is 0.899. The number of ether oxygens (including phenoxy) is 1. The van der Waals surface area contributed by atoms with Crippen LogP contribution in [0.4, 0.5) is 0 Å². The van der Waals surface area contributed by atoms with Crippen molar-refractivity contribution in [3.05, 3.63) is 29.3 Å². The molecule has 2 aromatic rings. The molecule has 1 aromatic carbocycles. The smallest absolute Gasteiger partial charge is 0.160 e. The van der Waals surface area contributed by atoms with E-state index in [0.29, 0.717) is 5.75 Å². The Bertz CT molecular complexity index is 511. The summed E-state index contributed by atoms with van der Waals surface area (Å²) in [6.07, 6.45) is 1.85. The molecule has 0 bridgehead atoms. The van der Waals surface area contributed by atoms with Gasteiger partial charge in [0.2, 0.25) is 0 Å². The highest BCUT2D eigenvalue weighted by atomic mass is 32.1. The second-order valence-corrected chi connectivity index (χ2v) is 4.66. The number of benzene rings is 1. The molecule has 1 aromatic heterocycles. The first-order valence-electron chi connectivity index (χ1n) is 5.21. The molecule has 4 nitrogen and oxygen atoms in total. The number of rotatable bonds is 4. The zero-order valence-corrected chi connectivity index (χ0v) is 10.5. The zero-order valence-electron chi connectivity index (χ0n) is 9.73. The van der Waals surface area contributed by atoms with Crippen molar-refractivity contribution in [3.63, 3.8) is 0 Å². The van der Waals surface area contributed by atoms with E-state index in [1.54, 1.807) is 23.5 Å². The third-order valence-corrected chi connectivity index (χ3v) is 3.38. The minimum absolute atomic E-state index is 0.135. The minimum Gasteiger partial charge on any atom is -0.504 e. The van der Waals surface area contributed by atoms with Gasteiger partial charge in [-0.25, -0.2) is 4.98 Å². The molecular formula is C12H14N2O2S. The molecule has 0 unspecified atom stereocenters. The van der Waals surface area contributed by atoms with Crippen LogP contribution in [0, 0.1) is 0 Å². The molecule has 0 aliphatic rings. The lowest BCUT2D eigenvalue weighted by molar-refractivity contribution is 0.373. The Balaban J connectivity index is 2.29. The molecule has 2 rings (SSSR count). The number of methoxy groups -OCH3 is 1. The number of thiazole rings is 1. The molecule has 0 aliphatic carbocycles. The number of hydrogen-bond acceptors (Lipinski definition) is 5. The van der Waals surface area contributed by atoms with Crippen LogP contribution in [-0.2, 0) is 6.54 Å². The van der Waals surface area contributed by atoms with E-state index >= 15 is 0 Å². The van der Waals surface area contributed by atoms with E-state index in [0.717, 1.165) is 22.0 Å². The van der Waals surface area contributed by atoms with Gasteiger partial charge in [-0.2, -0.15) is 0 Å². The molecule has 0 amide bonds. The number of aromatic nitrogens is 1. The van der Waals surface area contributed by atoms with E-state index in [1.165, 1.54) is 7.11 Å². The Morgan fingerprint density at radius 3 is 2.94 bits per heavy atom. The number of hydrogen-bond donors (Lipinski definition) is 2. The Morgan fingerprint density at radius 2 is 2.29 bits per heavy atom. The van der Waals surface area contributed by atoms with Crippen molar-refractivity contribution in [3.8, 4) is 22.1 Å². The highest BCUT2D eigenvalue weighted by Crippen LogP contribution is 2.33. The average Bonchev–Trinajstić information content (AvgIpc) is 2.78. The van der Waals surface area contributed by atoms with Crippen LogP contribution < -0.4 is 10.1 Å². The Hall–Kier alpha value is -1.59. The second-order valence-electron chi connectivity index (χ2n) is 3.55. The summed E-state index contributed by atoms with van der Waals surface area (Å²) in [5, 5.41) is 13.7. The maximum Gasteiger partial charge on any atom is 0.160 e. The van der Waals surface area contributed by atoms with Crippen LogP contribution in [0.5, 0.6) is 11.5 Å². The van der Waals surface area contributed by atoms with Gasteiger partial charge in [-0.3, -0.25) is 0 Å². The predicted molar refractivity (Wildman–Crippen MR) is 68.5 cm³/mol. The molecule has 1 heterocycles. The number of nitrogens with zero attached hydrogens (tertiary/aromatic N) is 1. The number of nitrogens with one attached hydrogen (secondary N) is 1. The number of phenols is 1. The van der Waals surface area contributed by atoms with Gasteiger partial charge in [0.25, 0.3) is 0 Å². The maximum atomic E-state index is 9.70. The molecule has 0 radical (unpaired) electrons. The third kappa shape index (κ3) is 2.57. The van der Waals surface area contributed by atoms with Crippen LogP contribution in [0.25, 0.3) is 10.6 Å². The summed E-state index contributed by atoms with van der Waals surface area (Å²) in [7, 11) is 3.43. The van der Waals surface area contributed by atoms with Crippen LogP contribution in [0.3, 0.4) is 0 Å². The molecule has 0 saturated heterocycles. The molecule has 5 heteroatoms. The van der Waals surface area contributed by atoms with Crippen molar-refractivity contribution in [2.24, 2.45) is 0 Å². The van der Waals surface area contributed by atoms with Crippen LogP contribution >= 0.6 is 11.3 Å².